The van der Waals surface area contributed by atoms with Crippen LogP contribution >= 0.6 is 0 Å². The number of methoxy groups -OCH3 is 1. The molecule has 0 saturated carbocycles. The molecular weight excluding hydrogens is 276 g/mol. The van der Waals surface area contributed by atoms with Crippen LogP contribution in [0.4, 0.5) is 8.78 Å². The van der Waals surface area contributed by atoms with Gasteiger partial charge in [-0.2, -0.15) is 0 Å². The van der Waals surface area contributed by atoms with Crippen LogP contribution < -0.4 is 15.2 Å². The summed E-state index contributed by atoms with van der Waals surface area (Å²) in [7, 11) is 1.39. The molecular formula is C16H17F2NO2. The van der Waals surface area contributed by atoms with Gasteiger partial charge in [-0.25, -0.2) is 8.78 Å². The molecule has 0 aliphatic rings. The first kappa shape index (κ1) is 15.3. The summed E-state index contributed by atoms with van der Waals surface area (Å²) in [6.07, 6.45) is 0.494. The molecule has 0 heterocycles. The molecule has 21 heavy (non-hydrogen) atoms. The summed E-state index contributed by atoms with van der Waals surface area (Å²) in [5.41, 5.74) is 6.46. The van der Waals surface area contributed by atoms with E-state index < -0.39 is 11.6 Å². The maximum Gasteiger partial charge on any atom is 0.171 e. The lowest BCUT2D eigenvalue weighted by molar-refractivity contribution is 0.278. The average molecular weight is 293 g/mol. The first-order valence-corrected chi connectivity index (χ1v) is 6.59. The van der Waals surface area contributed by atoms with Crippen molar-refractivity contribution in [1.29, 1.82) is 0 Å². The van der Waals surface area contributed by atoms with Crippen molar-refractivity contribution in [3.05, 3.63) is 59.2 Å². The van der Waals surface area contributed by atoms with Gasteiger partial charge in [0.2, 0.25) is 0 Å². The highest BCUT2D eigenvalue weighted by molar-refractivity contribution is 5.36. The highest BCUT2D eigenvalue weighted by Gasteiger charge is 2.13. The third kappa shape index (κ3) is 3.49. The van der Waals surface area contributed by atoms with Crippen molar-refractivity contribution in [3.8, 4) is 11.5 Å². The van der Waals surface area contributed by atoms with Crippen LogP contribution in [0, 0.1) is 11.6 Å². The van der Waals surface area contributed by atoms with Gasteiger partial charge in [0.25, 0.3) is 0 Å². The van der Waals surface area contributed by atoms with Crippen molar-refractivity contribution in [3.63, 3.8) is 0 Å². The fourth-order valence-corrected chi connectivity index (χ4v) is 2.04. The zero-order valence-corrected chi connectivity index (χ0v) is 11.7. The van der Waals surface area contributed by atoms with Gasteiger partial charge < -0.3 is 15.2 Å². The summed E-state index contributed by atoms with van der Waals surface area (Å²) in [6, 6.07) is 9.38. The molecule has 0 bridgehead atoms. The van der Waals surface area contributed by atoms with Crippen molar-refractivity contribution >= 4 is 0 Å². The van der Waals surface area contributed by atoms with Gasteiger partial charge in [-0.3, -0.25) is 0 Å². The molecule has 0 fully saturated rings. The van der Waals surface area contributed by atoms with Crippen LogP contribution in [-0.4, -0.2) is 13.7 Å². The van der Waals surface area contributed by atoms with Gasteiger partial charge in [0.1, 0.15) is 6.61 Å². The first-order chi connectivity index (χ1) is 10.2. The second kappa shape index (κ2) is 7.04. The van der Waals surface area contributed by atoms with E-state index in [1.54, 1.807) is 24.3 Å². The number of benzene rings is 2. The molecule has 2 aromatic carbocycles. The second-order valence-electron chi connectivity index (χ2n) is 4.49. The molecule has 3 nitrogen and oxygen atoms in total. The Morgan fingerprint density at radius 1 is 1.05 bits per heavy atom. The molecule has 2 aromatic rings. The zero-order chi connectivity index (χ0) is 15.2. The van der Waals surface area contributed by atoms with Crippen molar-refractivity contribution in [2.24, 2.45) is 5.73 Å². The first-order valence-electron chi connectivity index (χ1n) is 6.59. The van der Waals surface area contributed by atoms with Gasteiger partial charge in [0.15, 0.2) is 23.1 Å². The highest BCUT2D eigenvalue weighted by Crippen LogP contribution is 2.26. The van der Waals surface area contributed by atoms with Gasteiger partial charge in [0.05, 0.1) is 7.11 Å². The van der Waals surface area contributed by atoms with Crippen molar-refractivity contribution < 1.29 is 18.3 Å². The Morgan fingerprint density at radius 3 is 2.48 bits per heavy atom. The van der Waals surface area contributed by atoms with E-state index in [1.807, 2.05) is 0 Å². The van der Waals surface area contributed by atoms with Crippen LogP contribution in [0.15, 0.2) is 36.4 Å². The summed E-state index contributed by atoms with van der Waals surface area (Å²) in [5.74, 6) is -0.738. The summed E-state index contributed by atoms with van der Waals surface area (Å²) in [6.45, 7) is 0.300. The lowest BCUT2D eigenvalue weighted by atomic mass is 10.1. The van der Waals surface area contributed by atoms with Crippen molar-refractivity contribution in [1.82, 2.24) is 0 Å². The second-order valence-corrected chi connectivity index (χ2v) is 4.49. The van der Waals surface area contributed by atoms with Crippen molar-refractivity contribution in [2.45, 2.75) is 13.0 Å². The number of para-hydroxylation sites is 1. The molecule has 0 aromatic heterocycles. The molecule has 112 valence electrons. The van der Waals surface area contributed by atoms with Gasteiger partial charge in [-0.15, -0.1) is 0 Å². The van der Waals surface area contributed by atoms with E-state index in [4.69, 9.17) is 15.2 Å². The number of hydrogen-bond acceptors (Lipinski definition) is 3. The van der Waals surface area contributed by atoms with Crippen LogP contribution in [0.3, 0.4) is 0 Å². The number of hydrogen-bond donors (Lipinski definition) is 1. The predicted molar refractivity (Wildman–Crippen MR) is 76.4 cm³/mol. The minimum Gasteiger partial charge on any atom is -0.494 e. The smallest absolute Gasteiger partial charge is 0.171 e. The number of ether oxygens (including phenoxy) is 2. The Bertz CT molecular complexity index is 617. The van der Waals surface area contributed by atoms with Gasteiger partial charge >= 0.3 is 0 Å². The number of nitrogens with two attached hydrogens (primary N) is 1. The third-order valence-corrected chi connectivity index (χ3v) is 3.10. The lowest BCUT2D eigenvalue weighted by Gasteiger charge is -2.13. The Balaban J connectivity index is 2.20. The minimum atomic E-state index is -0.503. The van der Waals surface area contributed by atoms with Crippen molar-refractivity contribution in [2.75, 3.05) is 13.7 Å². The molecule has 0 atom stereocenters. The molecule has 0 spiro atoms. The maximum atomic E-state index is 14.0. The average Bonchev–Trinajstić information content (AvgIpc) is 2.48. The largest absolute Gasteiger partial charge is 0.494 e. The highest BCUT2D eigenvalue weighted by atomic mass is 19.1. The van der Waals surface area contributed by atoms with E-state index in [1.165, 1.54) is 19.2 Å². The van der Waals surface area contributed by atoms with E-state index in [0.717, 1.165) is 0 Å². The van der Waals surface area contributed by atoms with Gasteiger partial charge in [-0.1, -0.05) is 24.3 Å². The summed E-state index contributed by atoms with van der Waals surface area (Å²) in [5, 5.41) is 0. The summed E-state index contributed by atoms with van der Waals surface area (Å²) < 4.78 is 38.2. The third-order valence-electron chi connectivity index (χ3n) is 3.10. The number of rotatable bonds is 6. The van der Waals surface area contributed by atoms with E-state index >= 15 is 0 Å². The van der Waals surface area contributed by atoms with Crippen LogP contribution in [0.1, 0.15) is 11.1 Å². The summed E-state index contributed by atoms with van der Waals surface area (Å²) in [4.78, 5) is 0. The molecule has 0 amide bonds. The maximum absolute atomic E-state index is 14.0. The standard InChI is InChI=1S/C16H17F2NO2/c1-20-14-7-3-5-12(15(14)18)10-21-16-11(8-9-19)4-2-6-13(16)17/h2-7H,8-10,19H2,1H3. The molecule has 2 rings (SSSR count). The van der Waals surface area contributed by atoms with E-state index in [9.17, 15) is 8.78 Å². The molecule has 0 saturated heterocycles. The van der Waals surface area contributed by atoms with Crippen LogP contribution in [0.5, 0.6) is 11.5 Å². The Hall–Kier alpha value is -2.14. The fraction of sp³-hybridized carbons (Fsp3) is 0.250. The molecule has 0 unspecified atom stereocenters. The van der Waals surface area contributed by atoms with Gasteiger partial charge in [-0.05, 0) is 30.7 Å². The molecule has 0 aliphatic heterocycles. The minimum absolute atomic E-state index is 0.0818. The van der Waals surface area contributed by atoms with Crippen LogP contribution in [0.25, 0.3) is 0 Å². The topological polar surface area (TPSA) is 44.5 Å². The SMILES string of the molecule is COc1cccc(COc2c(F)cccc2CCN)c1F. The molecule has 0 aliphatic carbocycles. The van der Waals surface area contributed by atoms with Crippen LogP contribution in [-0.2, 0) is 13.0 Å². The Kier molecular flexibility index (Phi) is 5.11. The Morgan fingerprint density at radius 2 is 1.76 bits per heavy atom. The van der Waals surface area contributed by atoms with E-state index in [0.29, 0.717) is 24.1 Å². The quantitative estimate of drug-likeness (QED) is 0.890. The normalized spacial score (nSPS) is 10.5. The lowest BCUT2D eigenvalue weighted by Crippen LogP contribution is -2.07. The van der Waals surface area contributed by atoms with E-state index in [2.05, 4.69) is 0 Å². The zero-order valence-electron chi connectivity index (χ0n) is 11.7. The molecule has 2 N–H and O–H groups in total. The van der Waals surface area contributed by atoms with Crippen LogP contribution in [0.2, 0.25) is 0 Å². The Labute approximate surface area is 122 Å². The molecule has 5 heteroatoms. The fourth-order valence-electron chi connectivity index (χ4n) is 2.04. The number of halogens is 2. The predicted octanol–water partition coefficient (Wildman–Crippen LogP) is 3.05. The molecule has 0 radical (unpaired) electrons. The van der Waals surface area contributed by atoms with Gasteiger partial charge in [0, 0.05) is 5.56 Å². The van der Waals surface area contributed by atoms with E-state index in [-0.39, 0.29) is 18.1 Å². The monoisotopic (exact) mass is 293 g/mol. The summed E-state index contributed by atoms with van der Waals surface area (Å²) >= 11 is 0.